The van der Waals surface area contributed by atoms with Crippen LogP contribution in [0.25, 0.3) is 0 Å². The SMILES string of the molecule is COc1nc(N2CCC(N3CCc4ccccc4C3)C2=O)ccc1C1CNNC1. The third kappa shape index (κ3) is 3.39. The molecule has 2 N–H and O–H groups in total. The van der Waals surface area contributed by atoms with E-state index in [1.807, 2.05) is 11.0 Å². The van der Waals surface area contributed by atoms with Crippen LogP contribution in [0.1, 0.15) is 29.0 Å². The summed E-state index contributed by atoms with van der Waals surface area (Å²) >= 11 is 0. The number of carbonyl (C=O) groups is 1. The van der Waals surface area contributed by atoms with E-state index in [1.54, 1.807) is 7.11 Å². The molecule has 7 nitrogen and oxygen atoms in total. The van der Waals surface area contributed by atoms with E-state index in [0.29, 0.717) is 24.2 Å². The first-order valence-corrected chi connectivity index (χ1v) is 10.4. The molecule has 7 heteroatoms. The van der Waals surface area contributed by atoms with Crippen LogP contribution in [0.15, 0.2) is 36.4 Å². The van der Waals surface area contributed by atoms with Gasteiger partial charge in [-0.15, -0.1) is 0 Å². The van der Waals surface area contributed by atoms with E-state index >= 15 is 0 Å². The Hall–Kier alpha value is -2.48. The molecule has 1 aromatic carbocycles. The average Bonchev–Trinajstić information content (AvgIpc) is 3.43. The number of carbonyl (C=O) groups excluding carboxylic acids is 1. The number of ether oxygens (including phenoxy) is 1. The van der Waals surface area contributed by atoms with Crippen molar-refractivity contribution in [3.8, 4) is 5.88 Å². The van der Waals surface area contributed by atoms with Crippen LogP contribution in [-0.4, -0.2) is 55.1 Å². The molecule has 29 heavy (non-hydrogen) atoms. The second-order valence-electron chi connectivity index (χ2n) is 8.01. The third-order valence-electron chi connectivity index (χ3n) is 6.38. The highest BCUT2D eigenvalue weighted by Crippen LogP contribution is 2.32. The molecule has 1 atom stereocenters. The standard InChI is InChI=1S/C22H27N5O2/c1-29-21-18(17-12-23-24-13-17)6-7-20(25-21)27-11-9-19(22(27)28)26-10-8-15-4-2-3-5-16(15)14-26/h2-7,17,19,23-24H,8-14H2,1H3. The number of methoxy groups -OCH3 is 1. The van der Waals surface area contributed by atoms with Gasteiger partial charge >= 0.3 is 0 Å². The first-order valence-electron chi connectivity index (χ1n) is 10.4. The number of hydrazine groups is 1. The van der Waals surface area contributed by atoms with Crippen LogP contribution >= 0.6 is 0 Å². The van der Waals surface area contributed by atoms with Crippen molar-refractivity contribution in [3.63, 3.8) is 0 Å². The van der Waals surface area contributed by atoms with Crippen LogP contribution < -0.4 is 20.5 Å². The Kier molecular flexibility index (Phi) is 4.95. The highest BCUT2D eigenvalue weighted by molar-refractivity contribution is 5.98. The second kappa shape index (κ2) is 7.74. The topological polar surface area (TPSA) is 69.7 Å². The molecule has 152 valence electrons. The molecule has 0 radical (unpaired) electrons. The quantitative estimate of drug-likeness (QED) is 0.819. The number of fused-ring (bicyclic) bond motifs is 1. The van der Waals surface area contributed by atoms with Gasteiger partial charge in [0.15, 0.2) is 0 Å². The first kappa shape index (κ1) is 18.5. The van der Waals surface area contributed by atoms with Crippen molar-refractivity contribution in [3.05, 3.63) is 53.1 Å². The van der Waals surface area contributed by atoms with Crippen molar-refractivity contribution >= 4 is 11.7 Å². The lowest BCUT2D eigenvalue weighted by molar-refractivity contribution is -0.122. The minimum absolute atomic E-state index is 0.0703. The summed E-state index contributed by atoms with van der Waals surface area (Å²) in [5, 5.41) is 0. The maximum absolute atomic E-state index is 13.2. The summed E-state index contributed by atoms with van der Waals surface area (Å²) in [6.07, 6.45) is 1.84. The summed E-state index contributed by atoms with van der Waals surface area (Å²) in [7, 11) is 1.64. The summed E-state index contributed by atoms with van der Waals surface area (Å²) in [4.78, 5) is 22.1. The van der Waals surface area contributed by atoms with Gasteiger partial charge in [-0.1, -0.05) is 24.3 Å². The number of benzene rings is 1. The van der Waals surface area contributed by atoms with Crippen LogP contribution in [0.3, 0.4) is 0 Å². The van der Waals surface area contributed by atoms with Gasteiger partial charge in [0.2, 0.25) is 11.8 Å². The number of nitrogens with one attached hydrogen (secondary N) is 2. The van der Waals surface area contributed by atoms with Crippen molar-refractivity contribution in [2.75, 3.05) is 38.2 Å². The van der Waals surface area contributed by atoms with Crippen molar-refractivity contribution < 1.29 is 9.53 Å². The number of hydrogen-bond donors (Lipinski definition) is 2. The largest absolute Gasteiger partial charge is 0.481 e. The van der Waals surface area contributed by atoms with E-state index in [4.69, 9.17) is 9.72 Å². The van der Waals surface area contributed by atoms with E-state index in [0.717, 1.165) is 44.6 Å². The Labute approximate surface area is 171 Å². The maximum Gasteiger partial charge on any atom is 0.245 e. The molecule has 3 aliphatic heterocycles. The molecule has 1 amide bonds. The maximum atomic E-state index is 13.2. The smallest absolute Gasteiger partial charge is 0.245 e. The minimum atomic E-state index is -0.0703. The Bertz CT molecular complexity index is 912. The van der Waals surface area contributed by atoms with Crippen molar-refractivity contribution in [2.24, 2.45) is 0 Å². The number of aromatic nitrogens is 1. The number of anilines is 1. The van der Waals surface area contributed by atoms with Gasteiger partial charge in [-0.05, 0) is 36.1 Å². The lowest BCUT2D eigenvalue weighted by Gasteiger charge is -2.32. The summed E-state index contributed by atoms with van der Waals surface area (Å²) in [5.41, 5.74) is 10.1. The fourth-order valence-corrected chi connectivity index (χ4v) is 4.76. The average molecular weight is 393 g/mol. The van der Waals surface area contributed by atoms with E-state index in [9.17, 15) is 4.79 Å². The van der Waals surface area contributed by atoms with Gasteiger partial charge in [0.25, 0.3) is 0 Å². The van der Waals surface area contributed by atoms with E-state index in [2.05, 4.69) is 46.1 Å². The number of amides is 1. The van der Waals surface area contributed by atoms with Gasteiger partial charge in [0, 0.05) is 44.2 Å². The number of nitrogens with zero attached hydrogens (tertiary/aromatic N) is 3. The minimum Gasteiger partial charge on any atom is -0.481 e. The molecule has 4 heterocycles. The highest BCUT2D eigenvalue weighted by atomic mass is 16.5. The molecule has 0 saturated carbocycles. The van der Waals surface area contributed by atoms with E-state index in [-0.39, 0.29) is 11.9 Å². The molecule has 0 bridgehead atoms. The van der Waals surface area contributed by atoms with Crippen molar-refractivity contribution in [1.29, 1.82) is 0 Å². The lowest BCUT2D eigenvalue weighted by Crippen LogP contribution is -2.44. The van der Waals surface area contributed by atoms with Crippen LogP contribution in [0.2, 0.25) is 0 Å². The number of rotatable bonds is 4. The van der Waals surface area contributed by atoms with E-state index < -0.39 is 0 Å². The Morgan fingerprint density at radius 2 is 1.86 bits per heavy atom. The van der Waals surface area contributed by atoms with Gasteiger partial charge < -0.3 is 4.74 Å². The highest BCUT2D eigenvalue weighted by Gasteiger charge is 2.38. The molecule has 5 rings (SSSR count). The summed E-state index contributed by atoms with van der Waals surface area (Å²) in [5.74, 6) is 1.77. The lowest BCUT2D eigenvalue weighted by atomic mass is 9.98. The van der Waals surface area contributed by atoms with Crippen molar-refractivity contribution in [2.45, 2.75) is 31.3 Å². The molecule has 2 saturated heterocycles. The van der Waals surface area contributed by atoms with Crippen LogP contribution in [0.5, 0.6) is 5.88 Å². The fourth-order valence-electron chi connectivity index (χ4n) is 4.76. The van der Waals surface area contributed by atoms with Gasteiger partial charge in [0.1, 0.15) is 5.82 Å². The summed E-state index contributed by atoms with van der Waals surface area (Å²) in [6, 6.07) is 12.5. The monoisotopic (exact) mass is 393 g/mol. The van der Waals surface area contributed by atoms with E-state index in [1.165, 1.54) is 11.1 Å². The number of hydrogen-bond acceptors (Lipinski definition) is 6. The molecule has 1 aromatic heterocycles. The zero-order chi connectivity index (χ0) is 19.8. The molecule has 2 fully saturated rings. The Morgan fingerprint density at radius 1 is 1.07 bits per heavy atom. The molecule has 0 spiro atoms. The molecule has 1 unspecified atom stereocenters. The van der Waals surface area contributed by atoms with Crippen molar-refractivity contribution in [1.82, 2.24) is 20.7 Å². The zero-order valence-corrected chi connectivity index (χ0v) is 16.7. The van der Waals surface area contributed by atoms with Crippen LogP contribution in [-0.2, 0) is 17.8 Å². The predicted molar refractivity (Wildman–Crippen MR) is 111 cm³/mol. The molecule has 3 aliphatic rings. The Morgan fingerprint density at radius 3 is 2.66 bits per heavy atom. The van der Waals surface area contributed by atoms with Crippen LogP contribution in [0, 0.1) is 0 Å². The molecule has 2 aromatic rings. The van der Waals surface area contributed by atoms with Gasteiger partial charge in [-0.2, -0.15) is 4.98 Å². The fraction of sp³-hybridized carbons (Fsp3) is 0.455. The summed E-state index contributed by atoms with van der Waals surface area (Å²) in [6.45, 7) is 4.16. The van der Waals surface area contributed by atoms with Gasteiger partial charge in [0.05, 0.1) is 13.2 Å². The Balaban J connectivity index is 1.34. The number of pyridine rings is 1. The van der Waals surface area contributed by atoms with Gasteiger partial charge in [-0.25, -0.2) is 0 Å². The molecular weight excluding hydrogens is 366 g/mol. The predicted octanol–water partition coefficient (Wildman–Crippen LogP) is 1.45. The summed E-state index contributed by atoms with van der Waals surface area (Å²) < 4.78 is 5.56. The third-order valence-corrected chi connectivity index (χ3v) is 6.38. The normalized spacial score (nSPS) is 22.9. The van der Waals surface area contributed by atoms with Crippen LogP contribution in [0.4, 0.5) is 5.82 Å². The second-order valence-corrected chi connectivity index (χ2v) is 8.01. The molecule has 0 aliphatic carbocycles. The zero-order valence-electron chi connectivity index (χ0n) is 16.7. The van der Waals surface area contributed by atoms with Gasteiger partial charge in [-0.3, -0.25) is 25.4 Å². The first-order chi connectivity index (χ1) is 14.2. The molecular formula is C22H27N5O2.